The molecule has 0 spiro atoms. The summed E-state index contributed by atoms with van der Waals surface area (Å²) < 4.78 is 0. The predicted octanol–water partition coefficient (Wildman–Crippen LogP) is 3.91. The molecule has 1 heterocycles. The largest absolute Gasteiger partial charge is 0.313 e. The number of nitrogens with one attached hydrogen (secondary N) is 1. The van der Waals surface area contributed by atoms with Crippen molar-refractivity contribution in [1.29, 1.82) is 0 Å². The van der Waals surface area contributed by atoms with Gasteiger partial charge in [-0.25, -0.2) is 0 Å². The molecule has 2 nitrogen and oxygen atoms in total. The maximum Gasteiger partial charge on any atom is 0.0413 e. The van der Waals surface area contributed by atoms with Gasteiger partial charge in [-0.2, -0.15) is 0 Å². The molecule has 1 aromatic heterocycles. The monoisotopic (exact) mass is 268 g/mol. The highest BCUT2D eigenvalue weighted by atomic mass is 32.1. The molecule has 0 aliphatic rings. The van der Waals surface area contributed by atoms with Gasteiger partial charge in [0.1, 0.15) is 0 Å². The SMILES string of the molecule is CCCC(C)NCC(C)N(C)C(C)c1cccs1. The summed E-state index contributed by atoms with van der Waals surface area (Å²) in [5.41, 5.74) is 0. The van der Waals surface area contributed by atoms with Gasteiger partial charge in [0.25, 0.3) is 0 Å². The zero-order valence-electron chi connectivity index (χ0n) is 12.4. The van der Waals surface area contributed by atoms with Crippen molar-refractivity contribution in [2.24, 2.45) is 0 Å². The van der Waals surface area contributed by atoms with Gasteiger partial charge in [0.05, 0.1) is 0 Å². The lowest BCUT2D eigenvalue weighted by atomic mass is 10.1. The summed E-state index contributed by atoms with van der Waals surface area (Å²) in [5, 5.41) is 5.78. The minimum Gasteiger partial charge on any atom is -0.313 e. The van der Waals surface area contributed by atoms with Crippen molar-refractivity contribution in [2.75, 3.05) is 13.6 Å². The van der Waals surface area contributed by atoms with E-state index in [1.807, 2.05) is 11.3 Å². The van der Waals surface area contributed by atoms with Crippen molar-refractivity contribution < 1.29 is 0 Å². The molecular formula is C15H28N2S. The molecule has 0 radical (unpaired) electrons. The van der Waals surface area contributed by atoms with Crippen LogP contribution in [0, 0.1) is 0 Å². The van der Waals surface area contributed by atoms with E-state index in [2.05, 4.69) is 62.5 Å². The van der Waals surface area contributed by atoms with Crippen LogP contribution in [0.4, 0.5) is 0 Å². The third-order valence-electron chi connectivity index (χ3n) is 3.74. The van der Waals surface area contributed by atoms with Gasteiger partial charge >= 0.3 is 0 Å². The highest BCUT2D eigenvalue weighted by Crippen LogP contribution is 2.24. The van der Waals surface area contributed by atoms with Crippen LogP contribution in [-0.4, -0.2) is 30.6 Å². The lowest BCUT2D eigenvalue weighted by molar-refractivity contribution is 0.192. The Bertz CT molecular complexity index is 310. The normalized spacial score (nSPS) is 16.8. The summed E-state index contributed by atoms with van der Waals surface area (Å²) in [4.78, 5) is 3.91. The summed E-state index contributed by atoms with van der Waals surface area (Å²) in [6.07, 6.45) is 2.51. The molecule has 0 aliphatic carbocycles. The Labute approximate surface area is 116 Å². The number of hydrogen-bond acceptors (Lipinski definition) is 3. The molecular weight excluding hydrogens is 240 g/mol. The summed E-state index contributed by atoms with van der Waals surface area (Å²) >= 11 is 1.85. The minimum atomic E-state index is 0.503. The third kappa shape index (κ3) is 4.71. The molecule has 18 heavy (non-hydrogen) atoms. The first-order chi connectivity index (χ1) is 8.56. The fraction of sp³-hybridized carbons (Fsp3) is 0.733. The highest BCUT2D eigenvalue weighted by Gasteiger charge is 2.18. The maximum absolute atomic E-state index is 3.63. The molecule has 3 unspecified atom stereocenters. The van der Waals surface area contributed by atoms with Crippen molar-refractivity contribution in [3.63, 3.8) is 0 Å². The molecule has 0 fully saturated rings. The quantitative estimate of drug-likeness (QED) is 0.769. The fourth-order valence-corrected chi connectivity index (χ4v) is 3.00. The van der Waals surface area contributed by atoms with Crippen molar-refractivity contribution >= 4 is 11.3 Å². The van der Waals surface area contributed by atoms with Crippen LogP contribution in [0.1, 0.15) is 51.5 Å². The van der Waals surface area contributed by atoms with Crippen LogP contribution < -0.4 is 5.32 Å². The van der Waals surface area contributed by atoms with Crippen molar-refractivity contribution in [3.05, 3.63) is 22.4 Å². The van der Waals surface area contributed by atoms with Gasteiger partial charge in [-0.15, -0.1) is 11.3 Å². The van der Waals surface area contributed by atoms with E-state index in [-0.39, 0.29) is 0 Å². The maximum atomic E-state index is 3.63. The van der Waals surface area contributed by atoms with Gasteiger partial charge in [0.15, 0.2) is 0 Å². The average molecular weight is 268 g/mol. The first-order valence-corrected chi connectivity index (χ1v) is 7.92. The summed E-state index contributed by atoms with van der Waals surface area (Å²) in [5.74, 6) is 0. The molecule has 1 aromatic rings. The van der Waals surface area contributed by atoms with E-state index in [1.54, 1.807) is 0 Å². The molecule has 0 bridgehead atoms. The molecule has 3 heteroatoms. The lowest BCUT2D eigenvalue weighted by Gasteiger charge is -2.31. The van der Waals surface area contributed by atoms with Gasteiger partial charge in [0, 0.05) is 29.5 Å². The Hall–Kier alpha value is -0.380. The minimum absolute atomic E-state index is 0.503. The first kappa shape index (κ1) is 15.7. The number of hydrogen-bond donors (Lipinski definition) is 1. The number of rotatable bonds is 8. The Balaban J connectivity index is 2.39. The molecule has 0 saturated heterocycles. The van der Waals surface area contributed by atoms with Crippen molar-refractivity contribution in [1.82, 2.24) is 10.2 Å². The van der Waals surface area contributed by atoms with Crippen LogP contribution in [0.5, 0.6) is 0 Å². The van der Waals surface area contributed by atoms with Gasteiger partial charge < -0.3 is 5.32 Å². The van der Waals surface area contributed by atoms with Crippen LogP contribution in [0.2, 0.25) is 0 Å². The summed E-state index contributed by atoms with van der Waals surface area (Å²) in [6, 6.07) is 6.05. The molecule has 0 aromatic carbocycles. The Morgan fingerprint density at radius 1 is 1.33 bits per heavy atom. The lowest BCUT2D eigenvalue weighted by Crippen LogP contribution is -2.41. The molecule has 3 atom stereocenters. The van der Waals surface area contributed by atoms with Crippen LogP contribution >= 0.6 is 11.3 Å². The van der Waals surface area contributed by atoms with Gasteiger partial charge in [0.2, 0.25) is 0 Å². The van der Waals surface area contributed by atoms with Crippen molar-refractivity contribution in [3.8, 4) is 0 Å². The van der Waals surface area contributed by atoms with Crippen LogP contribution in [0.25, 0.3) is 0 Å². The molecule has 0 saturated carbocycles. The second kappa shape index (κ2) is 7.93. The van der Waals surface area contributed by atoms with Crippen LogP contribution in [-0.2, 0) is 0 Å². The molecule has 0 aliphatic heterocycles. The number of thiophene rings is 1. The van der Waals surface area contributed by atoms with Crippen LogP contribution in [0.15, 0.2) is 17.5 Å². The molecule has 1 rings (SSSR count). The van der Waals surface area contributed by atoms with E-state index >= 15 is 0 Å². The standard InChI is InChI=1S/C15H28N2S/c1-6-8-12(2)16-11-13(3)17(5)14(4)15-9-7-10-18-15/h7,9-10,12-14,16H,6,8,11H2,1-5H3. The third-order valence-corrected chi connectivity index (χ3v) is 4.79. The first-order valence-electron chi connectivity index (χ1n) is 7.05. The van der Waals surface area contributed by atoms with E-state index in [4.69, 9.17) is 0 Å². The highest BCUT2D eigenvalue weighted by molar-refractivity contribution is 7.10. The Morgan fingerprint density at radius 2 is 2.06 bits per heavy atom. The zero-order chi connectivity index (χ0) is 13.5. The van der Waals surface area contributed by atoms with E-state index in [1.165, 1.54) is 17.7 Å². The molecule has 104 valence electrons. The topological polar surface area (TPSA) is 15.3 Å². The number of nitrogens with zero attached hydrogens (tertiary/aromatic N) is 1. The van der Waals surface area contributed by atoms with E-state index in [9.17, 15) is 0 Å². The Morgan fingerprint density at radius 3 is 2.61 bits per heavy atom. The fourth-order valence-electron chi connectivity index (χ4n) is 2.16. The second-order valence-electron chi connectivity index (χ2n) is 5.30. The average Bonchev–Trinajstić information content (AvgIpc) is 2.88. The Kier molecular flexibility index (Phi) is 6.90. The predicted molar refractivity (Wildman–Crippen MR) is 82.3 cm³/mol. The smallest absolute Gasteiger partial charge is 0.0413 e. The summed E-state index contributed by atoms with van der Waals surface area (Å²) in [6.45, 7) is 10.2. The van der Waals surface area contributed by atoms with Crippen molar-refractivity contribution in [2.45, 2.75) is 58.7 Å². The molecule has 1 N–H and O–H groups in total. The van der Waals surface area contributed by atoms with Gasteiger partial charge in [-0.1, -0.05) is 19.4 Å². The van der Waals surface area contributed by atoms with Crippen LogP contribution in [0.3, 0.4) is 0 Å². The van der Waals surface area contributed by atoms with Gasteiger partial charge in [-0.05, 0) is 45.7 Å². The second-order valence-corrected chi connectivity index (χ2v) is 6.28. The van der Waals surface area contributed by atoms with E-state index in [0.717, 1.165) is 6.54 Å². The van der Waals surface area contributed by atoms with E-state index < -0.39 is 0 Å². The molecule has 0 amide bonds. The van der Waals surface area contributed by atoms with E-state index in [0.29, 0.717) is 18.1 Å². The summed E-state index contributed by atoms with van der Waals surface area (Å²) in [7, 11) is 2.22. The number of likely N-dealkylation sites (N-methyl/N-ethyl adjacent to an activating group) is 1. The zero-order valence-corrected chi connectivity index (χ0v) is 13.3. The van der Waals surface area contributed by atoms with Gasteiger partial charge in [-0.3, -0.25) is 4.90 Å².